The Bertz CT molecular complexity index is 337. The summed E-state index contributed by atoms with van der Waals surface area (Å²) in [6.45, 7) is 2.45. The predicted octanol–water partition coefficient (Wildman–Crippen LogP) is 2.32. The monoisotopic (exact) mass is 205 g/mol. The van der Waals surface area contributed by atoms with Crippen LogP contribution in [0.1, 0.15) is 18.9 Å². The molecule has 1 aromatic rings. The summed E-state index contributed by atoms with van der Waals surface area (Å²) in [6.07, 6.45) is 0.758. The van der Waals surface area contributed by atoms with Gasteiger partial charge in [-0.25, -0.2) is 4.79 Å². The average molecular weight is 205 g/mol. The Morgan fingerprint density at radius 3 is 2.73 bits per heavy atom. The zero-order chi connectivity index (χ0) is 10.7. The molecular formula is C12H15NO2. The summed E-state index contributed by atoms with van der Waals surface area (Å²) >= 11 is 0. The zero-order valence-corrected chi connectivity index (χ0v) is 8.77. The third-order valence-corrected chi connectivity index (χ3v) is 2.63. The maximum Gasteiger partial charge on any atom is 0.407 e. The van der Waals surface area contributed by atoms with Crippen LogP contribution in [-0.2, 0) is 11.3 Å². The summed E-state index contributed by atoms with van der Waals surface area (Å²) in [5, 5.41) is 2.81. The summed E-state index contributed by atoms with van der Waals surface area (Å²) in [6, 6.07) is 10.0. The molecular weight excluding hydrogens is 190 g/mol. The molecule has 0 radical (unpaired) electrons. The van der Waals surface area contributed by atoms with Crippen LogP contribution in [-0.4, -0.2) is 12.1 Å². The van der Waals surface area contributed by atoms with Crippen molar-refractivity contribution in [3.63, 3.8) is 0 Å². The van der Waals surface area contributed by atoms with E-state index in [-0.39, 0.29) is 6.09 Å². The summed E-state index contributed by atoms with van der Waals surface area (Å²) in [4.78, 5) is 11.3. The molecule has 15 heavy (non-hydrogen) atoms. The smallest absolute Gasteiger partial charge is 0.407 e. The second kappa shape index (κ2) is 4.34. The van der Waals surface area contributed by atoms with Crippen molar-refractivity contribution in [1.29, 1.82) is 0 Å². The van der Waals surface area contributed by atoms with E-state index in [9.17, 15) is 4.79 Å². The normalized spacial score (nSPS) is 23.3. The molecule has 1 N–H and O–H groups in total. The number of ether oxygens (including phenoxy) is 1. The van der Waals surface area contributed by atoms with Gasteiger partial charge in [-0.1, -0.05) is 37.3 Å². The average Bonchev–Trinajstić information content (AvgIpc) is 2.93. The SMILES string of the molecule is C[C@H]1C[C@@H]1NC(=O)OCc1ccccc1. The lowest BCUT2D eigenvalue weighted by atomic mass is 10.2. The van der Waals surface area contributed by atoms with E-state index in [0.717, 1.165) is 12.0 Å². The first-order chi connectivity index (χ1) is 7.25. The van der Waals surface area contributed by atoms with Gasteiger partial charge in [0.15, 0.2) is 0 Å². The van der Waals surface area contributed by atoms with Gasteiger partial charge in [-0.3, -0.25) is 0 Å². The maximum atomic E-state index is 11.3. The highest BCUT2D eigenvalue weighted by Gasteiger charge is 2.34. The van der Waals surface area contributed by atoms with Crippen LogP contribution in [0.3, 0.4) is 0 Å². The molecule has 80 valence electrons. The van der Waals surface area contributed by atoms with Crippen molar-refractivity contribution in [1.82, 2.24) is 5.32 Å². The summed E-state index contributed by atoms with van der Waals surface area (Å²) in [7, 11) is 0. The molecule has 0 aromatic heterocycles. The molecule has 0 unspecified atom stereocenters. The highest BCUT2D eigenvalue weighted by Crippen LogP contribution is 2.28. The van der Waals surface area contributed by atoms with E-state index >= 15 is 0 Å². The van der Waals surface area contributed by atoms with Crippen molar-refractivity contribution < 1.29 is 9.53 Å². The van der Waals surface area contributed by atoms with Gasteiger partial charge >= 0.3 is 6.09 Å². The van der Waals surface area contributed by atoms with Gasteiger partial charge in [0.05, 0.1) is 0 Å². The molecule has 2 atom stereocenters. The largest absolute Gasteiger partial charge is 0.445 e. The molecule has 0 spiro atoms. The zero-order valence-electron chi connectivity index (χ0n) is 8.77. The molecule has 0 bridgehead atoms. The lowest BCUT2D eigenvalue weighted by Gasteiger charge is -2.05. The van der Waals surface area contributed by atoms with E-state index in [4.69, 9.17) is 4.74 Å². The summed E-state index contributed by atoms with van der Waals surface area (Å²) in [5.41, 5.74) is 1.01. The number of carbonyl (C=O) groups is 1. The fraction of sp³-hybridized carbons (Fsp3) is 0.417. The minimum Gasteiger partial charge on any atom is -0.445 e. The Balaban J connectivity index is 1.71. The highest BCUT2D eigenvalue weighted by molar-refractivity contribution is 5.68. The van der Waals surface area contributed by atoms with E-state index in [1.54, 1.807) is 0 Å². The van der Waals surface area contributed by atoms with E-state index < -0.39 is 0 Å². The Hall–Kier alpha value is -1.51. The fourth-order valence-electron chi connectivity index (χ4n) is 1.44. The van der Waals surface area contributed by atoms with Crippen LogP contribution in [0.25, 0.3) is 0 Å². The number of hydrogen-bond donors (Lipinski definition) is 1. The molecule has 0 heterocycles. The fourth-order valence-corrected chi connectivity index (χ4v) is 1.44. The van der Waals surface area contributed by atoms with E-state index in [2.05, 4.69) is 12.2 Å². The Kier molecular flexibility index (Phi) is 2.90. The predicted molar refractivity (Wildman–Crippen MR) is 57.3 cm³/mol. The third-order valence-electron chi connectivity index (χ3n) is 2.63. The van der Waals surface area contributed by atoms with Gasteiger partial charge in [-0.2, -0.15) is 0 Å². The molecule has 1 amide bonds. The number of benzene rings is 1. The summed E-state index contributed by atoms with van der Waals surface area (Å²) in [5.74, 6) is 0.606. The van der Waals surface area contributed by atoms with E-state index in [0.29, 0.717) is 18.6 Å². The van der Waals surface area contributed by atoms with Crippen LogP contribution in [0.2, 0.25) is 0 Å². The standard InChI is InChI=1S/C12H15NO2/c1-9-7-11(9)13-12(14)15-8-10-5-3-2-4-6-10/h2-6,9,11H,7-8H2,1H3,(H,13,14)/t9-,11-/m0/s1. The first-order valence-electron chi connectivity index (χ1n) is 5.23. The second-order valence-electron chi connectivity index (χ2n) is 4.03. The van der Waals surface area contributed by atoms with Crippen molar-refractivity contribution in [2.45, 2.75) is 26.0 Å². The van der Waals surface area contributed by atoms with E-state index in [1.165, 1.54) is 0 Å². The minimum atomic E-state index is -0.312. The van der Waals surface area contributed by atoms with E-state index in [1.807, 2.05) is 30.3 Å². The molecule has 1 saturated carbocycles. The lowest BCUT2D eigenvalue weighted by Crippen LogP contribution is -2.27. The molecule has 3 nitrogen and oxygen atoms in total. The first-order valence-corrected chi connectivity index (χ1v) is 5.23. The Morgan fingerprint density at radius 1 is 1.47 bits per heavy atom. The van der Waals surface area contributed by atoms with Gasteiger partial charge in [0, 0.05) is 6.04 Å². The van der Waals surface area contributed by atoms with Crippen LogP contribution >= 0.6 is 0 Å². The van der Waals surface area contributed by atoms with Crippen LogP contribution in [0, 0.1) is 5.92 Å². The van der Waals surface area contributed by atoms with Gasteiger partial charge < -0.3 is 10.1 Å². The number of alkyl carbamates (subject to hydrolysis) is 1. The molecule has 1 fully saturated rings. The number of amides is 1. The second-order valence-corrected chi connectivity index (χ2v) is 4.03. The number of carbonyl (C=O) groups excluding carboxylic acids is 1. The van der Waals surface area contributed by atoms with Crippen LogP contribution in [0.4, 0.5) is 4.79 Å². The van der Waals surface area contributed by atoms with Crippen LogP contribution in [0.15, 0.2) is 30.3 Å². The first kappa shape index (κ1) is 10.0. The Morgan fingerprint density at radius 2 is 2.13 bits per heavy atom. The van der Waals surface area contributed by atoms with Crippen LogP contribution in [0.5, 0.6) is 0 Å². The van der Waals surface area contributed by atoms with Crippen molar-refractivity contribution in [2.24, 2.45) is 5.92 Å². The third kappa shape index (κ3) is 2.98. The number of hydrogen-bond acceptors (Lipinski definition) is 2. The van der Waals surface area contributed by atoms with Crippen molar-refractivity contribution >= 4 is 6.09 Å². The highest BCUT2D eigenvalue weighted by atomic mass is 16.5. The molecule has 0 aliphatic heterocycles. The van der Waals surface area contributed by atoms with Crippen molar-refractivity contribution in [3.8, 4) is 0 Å². The quantitative estimate of drug-likeness (QED) is 0.822. The van der Waals surface area contributed by atoms with Gasteiger partial charge in [-0.05, 0) is 17.9 Å². The van der Waals surface area contributed by atoms with Gasteiger partial charge in [-0.15, -0.1) is 0 Å². The molecule has 2 rings (SSSR count). The maximum absolute atomic E-state index is 11.3. The molecule has 1 aliphatic rings. The van der Waals surface area contributed by atoms with Crippen molar-refractivity contribution in [2.75, 3.05) is 0 Å². The summed E-state index contributed by atoms with van der Waals surface area (Å²) < 4.78 is 5.08. The lowest BCUT2D eigenvalue weighted by molar-refractivity contribution is 0.138. The van der Waals surface area contributed by atoms with Crippen LogP contribution < -0.4 is 5.32 Å². The molecule has 1 aliphatic carbocycles. The topological polar surface area (TPSA) is 38.3 Å². The number of rotatable bonds is 3. The number of nitrogens with one attached hydrogen (secondary N) is 1. The molecule has 0 saturated heterocycles. The van der Waals surface area contributed by atoms with Gasteiger partial charge in [0.1, 0.15) is 6.61 Å². The van der Waals surface area contributed by atoms with Gasteiger partial charge in [0.2, 0.25) is 0 Å². The van der Waals surface area contributed by atoms with Gasteiger partial charge in [0.25, 0.3) is 0 Å². The minimum absolute atomic E-state index is 0.312. The molecule has 1 aromatic carbocycles. The van der Waals surface area contributed by atoms with Crippen molar-refractivity contribution in [3.05, 3.63) is 35.9 Å². The molecule has 3 heteroatoms. The Labute approximate surface area is 89.4 Å².